The van der Waals surface area contributed by atoms with Crippen LogP contribution in [0, 0.1) is 0 Å². The summed E-state index contributed by atoms with van der Waals surface area (Å²) in [5.41, 5.74) is 5.40. The predicted molar refractivity (Wildman–Crippen MR) is 89.6 cm³/mol. The molecule has 0 radical (unpaired) electrons. The van der Waals surface area contributed by atoms with Crippen molar-refractivity contribution in [2.45, 2.75) is 46.1 Å². The van der Waals surface area contributed by atoms with Gasteiger partial charge in [-0.05, 0) is 54.1 Å². The van der Waals surface area contributed by atoms with E-state index in [9.17, 15) is 0 Å². The van der Waals surface area contributed by atoms with Gasteiger partial charge < -0.3 is 5.32 Å². The number of aryl methyl sites for hydroxylation is 2. The molecule has 2 nitrogen and oxygen atoms in total. The monoisotopic (exact) mass is 282 g/mol. The third kappa shape index (κ3) is 3.92. The first-order valence-electron chi connectivity index (χ1n) is 8.05. The average Bonchev–Trinajstić information content (AvgIpc) is 2.56. The van der Waals surface area contributed by atoms with Gasteiger partial charge in [0.2, 0.25) is 0 Å². The molecule has 1 unspecified atom stereocenters. The van der Waals surface area contributed by atoms with Crippen molar-refractivity contribution in [3.05, 3.63) is 65.0 Å². The van der Waals surface area contributed by atoms with E-state index in [-0.39, 0.29) is 6.04 Å². The van der Waals surface area contributed by atoms with Crippen LogP contribution < -0.4 is 5.32 Å². The van der Waals surface area contributed by atoms with Crippen molar-refractivity contribution in [1.82, 2.24) is 10.3 Å². The van der Waals surface area contributed by atoms with Crippen molar-refractivity contribution in [2.24, 2.45) is 0 Å². The third-order valence-electron chi connectivity index (χ3n) is 3.95. The smallest absolute Gasteiger partial charge is 0.0580 e. The standard InChI is InChI=1S/C19H26N2/c1-4-12-21-19(17-9-7-15(5-2)8-10-17)18-11-13-20-14-16(18)6-3/h7-11,13-14,19,21H,4-6,12H2,1-3H3. The van der Waals surface area contributed by atoms with Crippen LogP contribution in [0.5, 0.6) is 0 Å². The van der Waals surface area contributed by atoms with Gasteiger partial charge in [-0.25, -0.2) is 0 Å². The maximum Gasteiger partial charge on any atom is 0.0580 e. The Morgan fingerprint density at radius 3 is 2.38 bits per heavy atom. The number of rotatable bonds is 7. The zero-order chi connectivity index (χ0) is 15.1. The van der Waals surface area contributed by atoms with E-state index in [1.54, 1.807) is 0 Å². The van der Waals surface area contributed by atoms with Crippen molar-refractivity contribution in [3.8, 4) is 0 Å². The van der Waals surface area contributed by atoms with Crippen molar-refractivity contribution in [1.29, 1.82) is 0 Å². The molecule has 0 saturated carbocycles. The van der Waals surface area contributed by atoms with E-state index in [0.29, 0.717) is 0 Å². The van der Waals surface area contributed by atoms with Gasteiger partial charge in [0.25, 0.3) is 0 Å². The maximum absolute atomic E-state index is 4.27. The van der Waals surface area contributed by atoms with Crippen molar-refractivity contribution in [3.63, 3.8) is 0 Å². The molecule has 0 amide bonds. The first kappa shape index (κ1) is 15.7. The summed E-state index contributed by atoms with van der Waals surface area (Å²) in [6.07, 6.45) is 7.13. The highest BCUT2D eigenvalue weighted by molar-refractivity contribution is 5.37. The summed E-state index contributed by atoms with van der Waals surface area (Å²) in [5.74, 6) is 0. The van der Waals surface area contributed by atoms with Gasteiger partial charge in [-0.3, -0.25) is 4.98 Å². The van der Waals surface area contributed by atoms with Gasteiger partial charge in [0, 0.05) is 12.4 Å². The summed E-state index contributed by atoms with van der Waals surface area (Å²) < 4.78 is 0. The normalized spacial score (nSPS) is 12.3. The van der Waals surface area contributed by atoms with Crippen LogP contribution in [-0.4, -0.2) is 11.5 Å². The molecule has 1 N–H and O–H groups in total. The molecule has 0 spiro atoms. The molecule has 0 bridgehead atoms. The van der Waals surface area contributed by atoms with Crippen LogP contribution in [-0.2, 0) is 12.8 Å². The van der Waals surface area contributed by atoms with Crippen molar-refractivity contribution in [2.75, 3.05) is 6.54 Å². The molecule has 1 heterocycles. The van der Waals surface area contributed by atoms with Crippen LogP contribution in [0.4, 0.5) is 0 Å². The van der Waals surface area contributed by atoms with Gasteiger partial charge in [-0.2, -0.15) is 0 Å². The van der Waals surface area contributed by atoms with Crippen LogP contribution in [0.15, 0.2) is 42.7 Å². The summed E-state index contributed by atoms with van der Waals surface area (Å²) in [7, 11) is 0. The Morgan fingerprint density at radius 1 is 1.00 bits per heavy atom. The molecule has 0 aliphatic carbocycles. The second-order valence-electron chi connectivity index (χ2n) is 5.41. The fourth-order valence-corrected chi connectivity index (χ4v) is 2.66. The lowest BCUT2D eigenvalue weighted by atomic mass is 9.94. The van der Waals surface area contributed by atoms with Gasteiger partial charge in [-0.1, -0.05) is 45.0 Å². The maximum atomic E-state index is 4.27. The van der Waals surface area contributed by atoms with Crippen molar-refractivity contribution < 1.29 is 0 Å². The highest BCUT2D eigenvalue weighted by Crippen LogP contribution is 2.25. The summed E-state index contributed by atoms with van der Waals surface area (Å²) in [5, 5.41) is 3.69. The summed E-state index contributed by atoms with van der Waals surface area (Å²) >= 11 is 0. The Kier molecular flexibility index (Phi) is 5.94. The fourth-order valence-electron chi connectivity index (χ4n) is 2.66. The SMILES string of the molecule is CCCNC(c1ccc(CC)cc1)c1ccncc1CC. The molecule has 0 saturated heterocycles. The lowest BCUT2D eigenvalue weighted by Gasteiger charge is -2.22. The molecule has 1 aromatic carbocycles. The number of nitrogens with one attached hydrogen (secondary N) is 1. The van der Waals surface area contributed by atoms with Crippen LogP contribution >= 0.6 is 0 Å². The van der Waals surface area contributed by atoms with Gasteiger partial charge in [0.1, 0.15) is 0 Å². The summed E-state index contributed by atoms with van der Waals surface area (Å²) in [6, 6.07) is 11.4. The van der Waals surface area contributed by atoms with Gasteiger partial charge in [0.05, 0.1) is 6.04 Å². The quantitative estimate of drug-likeness (QED) is 0.819. The number of hydrogen-bond acceptors (Lipinski definition) is 2. The van der Waals surface area contributed by atoms with E-state index < -0.39 is 0 Å². The number of pyridine rings is 1. The third-order valence-corrected chi connectivity index (χ3v) is 3.95. The highest BCUT2D eigenvalue weighted by atomic mass is 14.9. The molecule has 0 aliphatic rings. The lowest BCUT2D eigenvalue weighted by molar-refractivity contribution is 0.594. The first-order valence-corrected chi connectivity index (χ1v) is 8.05. The van der Waals surface area contributed by atoms with Crippen LogP contribution in [0.2, 0.25) is 0 Å². The van der Waals surface area contributed by atoms with E-state index in [0.717, 1.165) is 25.8 Å². The molecule has 112 valence electrons. The summed E-state index contributed by atoms with van der Waals surface area (Å²) in [4.78, 5) is 4.27. The Morgan fingerprint density at radius 2 is 1.76 bits per heavy atom. The van der Waals surface area contributed by atoms with Crippen LogP contribution in [0.1, 0.15) is 55.5 Å². The molecular formula is C19H26N2. The number of aromatic nitrogens is 1. The molecule has 21 heavy (non-hydrogen) atoms. The van der Waals surface area contributed by atoms with E-state index in [2.05, 4.69) is 61.4 Å². The number of nitrogens with zero attached hydrogens (tertiary/aromatic N) is 1. The Labute approximate surface area is 128 Å². The second-order valence-corrected chi connectivity index (χ2v) is 5.41. The predicted octanol–water partition coefficient (Wildman–Crippen LogP) is 4.30. The van der Waals surface area contributed by atoms with Crippen LogP contribution in [0.25, 0.3) is 0 Å². The zero-order valence-corrected chi connectivity index (χ0v) is 13.4. The average molecular weight is 282 g/mol. The molecule has 2 aromatic rings. The van der Waals surface area contributed by atoms with E-state index in [1.807, 2.05) is 12.4 Å². The molecule has 0 aliphatic heterocycles. The minimum atomic E-state index is 0.258. The second kappa shape index (κ2) is 7.94. The number of hydrogen-bond donors (Lipinski definition) is 1. The molecule has 2 rings (SSSR count). The topological polar surface area (TPSA) is 24.9 Å². The van der Waals surface area contributed by atoms with Crippen LogP contribution in [0.3, 0.4) is 0 Å². The largest absolute Gasteiger partial charge is 0.306 e. The minimum absolute atomic E-state index is 0.258. The van der Waals surface area contributed by atoms with E-state index in [1.165, 1.54) is 22.3 Å². The van der Waals surface area contributed by atoms with E-state index in [4.69, 9.17) is 0 Å². The fraction of sp³-hybridized carbons (Fsp3) is 0.421. The van der Waals surface area contributed by atoms with Crippen molar-refractivity contribution >= 4 is 0 Å². The van der Waals surface area contributed by atoms with E-state index >= 15 is 0 Å². The lowest BCUT2D eigenvalue weighted by Crippen LogP contribution is -2.24. The zero-order valence-electron chi connectivity index (χ0n) is 13.4. The Bertz CT molecular complexity index is 546. The minimum Gasteiger partial charge on any atom is -0.306 e. The Balaban J connectivity index is 2.36. The van der Waals surface area contributed by atoms with Gasteiger partial charge in [-0.15, -0.1) is 0 Å². The highest BCUT2D eigenvalue weighted by Gasteiger charge is 2.16. The molecular weight excluding hydrogens is 256 g/mol. The van der Waals surface area contributed by atoms with Gasteiger partial charge in [0.15, 0.2) is 0 Å². The summed E-state index contributed by atoms with van der Waals surface area (Å²) in [6.45, 7) is 7.61. The Hall–Kier alpha value is -1.67. The molecule has 0 fully saturated rings. The molecule has 1 aromatic heterocycles. The molecule has 2 heteroatoms. The van der Waals surface area contributed by atoms with Gasteiger partial charge >= 0.3 is 0 Å². The first-order chi connectivity index (χ1) is 10.3. The molecule has 1 atom stereocenters. The number of benzene rings is 1.